The Labute approximate surface area is 139 Å². The van der Waals surface area contributed by atoms with Crippen molar-refractivity contribution < 1.29 is 14.7 Å². The second kappa shape index (κ2) is 6.89. The van der Waals surface area contributed by atoms with Crippen molar-refractivity contribution in [2.75, 3.05) is 0 Å². The van der Waals surface area contributed by atoms with Crippen LogP contribution in [0.15, 0.2) is 22.7 Å². The number of carbonyl (C=O) groups excluding carboxylic acids is 1. The van der Waals surface area contributed by atoms with Gasteiger partial charge in [0, 0.05) is 14.1 Å². The molecule has 0 heterocycles. The van der Waals surface area contributed by atoms with E-state index < -0.39 is 5.97 Å². The predicted molar refractivity (Wildman–Crippen MR) is 87.7 cm³/mol. The Balaban J connectivity index is 2.04. The molecule has 0 saturated heterocycles. The molecule has 108 valence electrons. The Morgan fingerprint density at radius 1 is 1.35 bits per heavy atom. The molecule has 1 fully saturated rings. The van der Waals surface area contributed by atoms with Gasteiger partial charge in [-0.1, -0.05) is 22.4 Å². The van der Waals surface area contributed by atoms with Gasteiger partial charge in [0.15, 0.2) is 0 Å². The molecule has 2 rings (SSSR count). The van der Waals surface area contributed by atoms with E-state index in [-0.39, 0.29) is 17.9 Å². The van der Waals surface area contributed by atoms with Gasteiger partial charge in [0.25, 0.3) is 5.91 Å². The molecule has 1 aliphatic carbocycles. The van der Waals surface area contributed by atoms with Gasteiger partial charge in [-0.25, -0.2) is 0 Å². The zero-order chi connectivity index (χ0) is 14.7. The van der Waals surface area contributed by atoms with Gasteiger partial charge >= 0.3 is 5.97 Å². The van der Waals surface area contributed by atoms with E-state index in [0.717, 1.165) is 20.9 Å². The molecule has 2 atom stereocenters. The molecule has 0 bridgehead atoms. The van der Waals surface area contributed by atoms with Crippen LogP contribution in [0.1, 0.15) is 36.0 Å². The van der Waals surface area contributed by atoms with Crippen LogP contribution in [0, 0.1) is 9.49 Å². The maximum atomic E-state index is 12.3. The normalized spacial score (nSPS) is 22.3. The highest BCUT2D eigenvalue weighted by atomic mass is 127. The topological polar surface area (TPSA) is 66.4 Å². The summed E-state index contributed by atoms with van der Waals surface area (Å²) in [7, 11) is 0. The van der Waals surface area contributed by atoms with Gasteiger partial charge in [-0.15, -0.1) is 0 Å². The largest absolute Gasteiger partial charge is 0.481 e. The summed E-state index contributed by atoms with van der Waals surface area (Å²) in [6.45, 7) is 0. The fourth-order valence-electron chi connectivity index (χ4n) is 2.48. The molecule has 20 heavy (non-hydrogen) atoms. The minimum Gasteiger partial charge on any atom is -0.481 e. The lowest BCUT2D eigenvalue weighted by molar-refractivity contribution is -0.143. The van der Waals surface area contributed by atoms with Crippen molar-refractivity contribution in [2.24, 2.45) is 5.92 Å². The van der Waals surface area contributed by atoms with E-state index in [9.17, 15) is 9.59 Å². The van der Waals surface area contributed by atoms with Gasteiger partial charge in [0.2, 0.25) is 0 Å². The number of benzene rings is 1. The Kier molecular flexibility index (Phi) is 5.42. The molecule has 1 aromatic carbocycles. The summed E-state index contributed by atoms with van der Waals surface area (Å²) in [6.07, 6.45) is 2.92. The molecule has 0 radical (unpaired) electrons. The summed E-state index contributed by atoms with van der Waals surface area (Å²) in [6, 6.07) is 5.50. The number of carboxylic acids is 1. The molecule has 0 aliphatic heterocycles. The van der Waals surface area contributed by atoms with Crippen molar-refractivity contribution in [1.82, 2.24) is 5.32 Å². The van der Waals surface area contributed by atoms with Gasteiger partial charge in [0.05, 0.1) is 11.5 Å². The number of hydrogen-bond donors (Lipinski definition) is 2. The highest BCUT2D eigenvalue weighted by Gasteiger charge is 2.28. The molecular formula is C14H15BrINO3. The highest BCUT2D eigenvalue weighted by molar-refractivity contribution is 14.1. The predicted octanol–water partition coefficient (Wildman–Crippen LogP) is 3.43. The maximum absolute atomic E-state index is 12.3. The zero-order valence-electron chi connectivity index (χ0n) is 10.7. The van der Waals surface area contributed by atoms with Crippen molar-refractivity contribution in [3.63, 3.8) is 0 Å². The molecule has 1 saturated carbocycles. The molecule has 2 unspecified atom stereocenters. The molecule has 1 amide bonds. The molecule has 1 aromatic rings. The summed E-state index contributed by atoms with van der Waals surface area (Å²) in [5.74, 6) is -1.23. The number of hydrogen-bond acceptors (Lipinski definition) is 2. The fraction of sp³-hybridized carbons (Fsp3) is 0.429. The first-order valence-electron chi connectivity index (χ1n) is 6.46. The van der Waals surface area contributed by atoms with E-state index in [2.05, 4.69) is 43.8 Å². The standard InChI is InChI=1S/C14H15BrINO3/c15-9-4-5-12(16)11(7-9)13(18)17-10-3-1-2-8(6-10)14(19)20/h4-5,7-8,10H,1-3,6H2,(H,17,18)(H,19,20). The number of aliphatic carboxylic acids is 1. The van der Waals surface area contributed by atoms with Crippen LogP contribution in [0.2, 0.25) is 0 Å². The summed E-state index contributed by atoms with van der Waals surface area (Å²) < 4.78 is 1.74. The summed E-state index contributed by atoms with van der Waals surface area (Å²) in [5.41, 5.74) is 0.623. The number of nitrogens with one attached hydrogen (secondary N) is 1. The van der Waals surface area contributed by atoms with Crippen molar-refractivity contribution in [3.8, 4) is 0 Å². The van der Waals surface area contributed by atoms with Crippen molar-refractivity contribution in [1.29, 1.82) is 0 Å². The molecule has 6 heteroatoms. The van der Waals surface area contributed by atoms with E-state index in [4.69, 9.17) is 5.11 Å². The summed E-state index contributed by atoms with van der Waals surface area (Å²) in [4.78, 5) is 23.3. The Morgan fingerprint density at radius 3 is 2.80 bits per heavy atom. The minimum absolute atomic E-state index is 0.0490. The smallest absolute Gasteiger partial charge is 0.306 e. The number of carboxylic acid groups (broad SMARTS) is 1. The first-order valence-corrected chi connectivity index (χ1v) is 8.33. The third-order valence-electron chi connectivity index (χ3n) is 3.53. The summed E-state index contributed by atoms with van der Waals surface area (Å²) >= 11 is 5.48. The quantitative estimate of drug-likeness (QED) is 0.692. The number of carbonyl (C=O) groups is 2. The lowest BCUT2D eigenvalue weighted by Gasteiger charge is -2.27. The van der Waals surface area contributed by atoms with Gasteiger partial charge in [-0.2, -0.15) is 0 Å². The van der Waals surface area contributed by atoms with Crippen LogP contribution < -0.4 is 5.32 Å². The van der Waals surface area contributed by atoms with Crippen LogP contribution in [-0.4, -0.2) is 23.0 Å². The third-order valence-corrected chi connectivity index (χ3v) is 4.97. The number of halogens is 2. The molecule has 0 aromatic heterocycles. The molecule has 0 spiro atoms. The van der Waals surface area contributed by atoms with Gasteiger partial charge in [-0.3, -0.25) is 9.59 Å². The van der Waals surface area contributed by atoms with Crippen molar-refractivity contribution in [2.45, 2.75) is 31.7 Å². The van der Waals surface area contributed by atoms with Crippen molar-refractivity contribution in [3.05, 3.63) is 31.8 Å². The second-order valence-electron chi connectivity index (χ2n) is 5.00. The second-order valence-corrected chi connectivity index (χ2v) is 7.07. The minimum atomic E-state index is -0.763. The first-order chi connectivity index (χ1) is 9.47. The van der Waals surface area contributed by atoms with Gasteiger partial charge in [0.1, 0.15) is 0 Å². The lowest BCUT2D eigenvalue weighted by Crippen LogP contribution is -2.40. The fourth-order valence-corrected chi connectivity index (χ4v) is 3.42. The molecule has 2 N–H and O–H groups in total. The first kappa shape index (κ1) is 15.8. The van der Waals surface area contributed by atoms with E-state index >= 15 is 0 Å². The maximum Gasteiger partial charge on any atom is 0.306 e. The van der Waals surface area contributed by atoms with Crippen LogP contribution in [0.25, 0.3) is 0 Å². The van der Waals surface area contributed by atoms with E-state index in [1.807, 2.05) is 12.1 Å². The average Bonchev–Trinajstić information content (AvgIpc) is 2.41. The van der Waals surface area contributed by atoms with E-state index in [1.54, 1.807) is 6.07 Å². The monoisotopic (exact) mass is 451 g/mol. The number of amides is 1. The SMILES string of the molecule is O=C(NC1CCCC(C(=O)O)C1)c1cc(Br)ccc1I. The van der Waals surface area contributed by atoms with Crippen LogP contribution in [0.3, 0.4) is 0 Å². The van der Waals surface area contributed by atoms with Crippen LogP contribution in [0.4, 0.5) is 0 Å². The highest BCUT2D eigenvalue weighted by Crippen LogP contribution is 2.25. The Bertz CT molecular complexity index is 535. The third kappa shape index (κ3) is 3.94. The Morgan fingerprint density at radius 2 is 2.10 bits per heavy atom. The van der Waals surface area contributed by atoms with Gasteiger partial charge < -0.3 is 10.4 Å². The molecule has 1 aliphatic rings. The Hall–Kier alpha value is -0.630. The molecule has 4 nitrogen and oxygen atoms in total. The van der Waals surface area contributed by atoms with Crippen molar-refractivity contribution >= 4 is 50.4 Å². The van der Waals surface area contributed by atoms with Crippen LogP contribution in [0.5, 0.6) is 0 Å². The van der Waals surface area contributed by atoms with Crippen LogP contribution in [-0.2, 0) is 4.79 Å². The van der Waals surface area contributed by atoms with Crippen LogP contribution >= 0.6 is 38.5 Å². The van der Waals surface area contributed by atoms with E-state index in [1.165, 1.54) is 0 Å². The van der Waals surface area contributed by atoms with E-state index in [0.29, 0.717) is 18.4 Å². The average molecular weight is 452 g/mol. The molecular weight excluding hydrogens is 437 g/mol. The lowest BCUT2D eigenvalue weighted by atomic mass is 9.85. The number of rotatable bonds is 3. The zero-order valence-corrected chi connectivity index (χ0v) is 14.5. The summed E-state index contributed by atoms with van der Waals surface area (Å²) in [5, 5.41) is 12.0. The van der Waals surface area contributed by atoms with Gasteiger partial charge in [-0.05, 0) is 60.1 Å².